The molecule has 0 saturated carbocycles. The highest BCUT2D eigenvalue weighted by atomic mass is 19.1. The Bertz CT molecular complexity index is 2690. The zero-order valence-electron chi connectivity index (χ0n) is 35.7. The number of carbonyl (C=O) groups is 3. The normalized spacial score (nSPS) is 17.9. The second kappa shape index (κ2) is 18.6. The van der Waals surface area contributed by atoms with Gasteiger partial charge in [0.2, 0.25) is 11.8 Å². The number of ether oxygens (including phenoxy) is 2. The van der Waals surface area contributed by atoms with Crippen LogP contribution in [0.25, 0.3) is 21.8 Å². The molecule has 9 rings (SSSR count). The molecular formula is C44H49F3N10O7. The van der Waals surface area contributed by atoms with Gasteiger partial charge in [-0.3, -0.25) is 29.3 Å². The average Bonchev–Trinajstić information content (AvgIpc) is 3.87. The quantitative estimate of drug-likeness (QED) is 0.155. The number of nitrogens with two attached hydrogens (primary N) is 1. The van der Waals surface area contributed by atoms with E-state index in [1.54, 1.807) is 23.9 Å². The number of nitrogens with zero attached hydrogens (tertiary/aromatic N) is 7. The van der Waals surface area contributed by atoms with Crippen molar-refractivity contribution in [3.05, 3.63) is 76.1 Å². The predicted molar refractivity (Wildman–Crippen MR) is 230 cm³/mol. The number of aromatic nitrogens is 4. The lowest BCUT2D eigenvalue weighted by Crippen LogP contribution is -2.51. The van der Waals surface area contributed by atoms with Gasteiger partial charge in [0, 0.05) is 58.2 Å². The number of amides is 4. The summed E-state index contributed by atoms with van der Waals surface area (Å²) in [5.74, 6) is -3.35. The number of nitriles is 1. The van der Waals surface area contributed by atoms with Gasteiger partial charge in [0.1, 0.15) is 22.8 Å². The summed E-state index contributed by atoms with van der Waals surface area (Å²) >= 11 is 0. The molecule has 0 atom stereocenters. The Morgan fingerprint density at radius 1 is 1.00 bits per heavy atom. The Morgan fingerprint density at radius 2 is 1.73 bits per heavy atom. The SMILES string of the molecule is CC.Cn1nc(N2CCC(=O)NC2=O)c2cc(F)c(N3CCC(O)(CC(=O)N4CCC5(CCCO5)CC4)CC3)cc21.N#Cc1c(N)ccc(F)c1Oc1ccc2nc[nH]c(=O)c2c1F. The topological polar surface area (TPSA) is 225 Å². The van der Waals surface area contributed by atoms with Crippen LogP contribution in [0.4, 0.5) is 35.2 Å². The minimum atomic E-state index is -1.12. The molecule has 4 fully saturated rings. The van der Waals surface area contributed by atoms with Gasteiger partial charge in [0.05, 0.1) is 46.4 Å². The van der Waals surface area contributed by atoms with Crippen molar-refractivity contribution in [2.75, 3.05) is 54.9 Å². The molecule has 4 amide bonds. The highest BCUT2D eigenvalue weighted by molar-refractivity contribution is 6.09. The molecule has 4 saturated heterocycles. The highest BCUT2D eigenvalue weighted by Gasteiger charge is 2.42. The smallest absolute Gasteiger partial charge is 0.329 e. The maximum atomic E-state index is 15.4. The van der Waals surface area contributed by atoms with E-state index in [1.807, 2.05) is 23.6 Å². The first kappa shape index (κ1) is 45.3. The van der Waals surface area contributed by atoms with E-state index in [0.29, 0.717) is 61.4 Å². The van der Waals surface area contributed by atoms with Gasteiger partial charge in [-0.25, -0.2) is 22.9 Å². The summed E-state index contributed by atoms with van der Waals surface area (Å²) in [7, 11) is 1.72. The Kier molecular flexibility index (Phi) is 13.1. The first-order valence-corrected chi connectivity index (χ1v) is 21.2. The van der Waals surface area contributed by atoms with Crippen molar-refractivity contribution in [2.45, 2.75) is 76.4 Å². The standard InChI is InChI=1S/C27H35FN6O5.C15H8F2N4O2.C2H6/c1-31-20-16-21(19(28)15-18(20)24(30-31)34-9-3-22(35)29-25(34)37)32-10-5-26(38,6-11-32)17-23(36)33-12-7-27(8-13-33)4-2-14-39-27;16-8-1-2-9(19)7(5-18)14(8)23-11-4-3-10-12(13(11)17)15(22)21-6-20-10;1-2/h15-16,38H,2-14,17H2,1H3,(H,29,35,37);1-4,6H,19H2,(H,20,21,22);1-2H3. The molecule has 4 aliphatic heterocycles. The summed E-state index contributed by atoms with van der Waals surface area (Å²) < 4.78 is 56.5. The van der Waals surface area contributed by atoms with Gasteiger partial charge in [0.15, 0.2) is 29.0 Å². The van der Waals surface area contributed by atoms with Crippen molar-refractivity contribution < 1.29 is 42.1 Å². The third-order valence-corrected chi connectivity index (χ3v) is 12.1. The minimum absolute atomic E-state index is 0.00962. The molecule has 3 aromatic carbocycles. The molecule has 20 heteroatoms. The fourth-order valence-corrected chi connectivity index (χ4v) is 8.58. The third-order valence-electron chi connectivity index (χ3n) is 12.1. The van der Waals surface area contributed by atoms with E-state index in [-0.39, 0.29) is 59.0 Å². The van der Waals surface area contributed by atoms with E-state index in [9.17, 15) is 33.1 Å². The number of benzene rings is 3. The minimum Gasteiger partial charge on any atom is -0.450 e. The van der Waals surface area contributed by atoms with E-state index >= 15 is 4.39 Å². The second-order valence-corrected chi connectivity index (χ2v) is 16.0. The largest absolute Gasteiger partial charge is 0.450 e. The number of likely N-dealkylation sites (tertiary alicyclic amines) is 1. The summed E-state index contributed by atoms with van der Waals surface area (Å²) in [5.41, 5.74) is 4.59. The number of anilines is 3. The molecule has 0 bridgehead atoms. The van der Waals surface area contributed by atoms with Crippen molar-refractivity contribution in [1.29, 1.82) is 5.26 Å². The molecule has 338 valence electrons. The number of piperidine rings is 2. The fraction of sp³-hybridized carbons (Fsp3) is 0.432. The summed E-state index contributed by atoms with van der Waals surface area (Å²) in [6, 6.07) is 8.94. The van der Waals surface area contributed by atoms with Crippen LogP contribution < -0.4 is 31.1 Å². The van der Waals surface area contributed by atoms with E-state index in [4.69, 9.17) is 20.5 Å². The van der Waals surface area contributed by atoms with Gasteiger partial charge in [-0.1, -0.05) is 13.8 Å². The van der Waals surface area contributed by atoms with Gasteiger partial charge >= 0.3 is 6.03 Å². The maximum absolute atomic E-state index is 15.4. The summed E-state index contributed by atoms with van der Waals surface area (Å²) in [6.45, 7) is 7.12. The highest BCUT2D eigenvalue weighted by Crippen LogP contribution is 2.39. The molecule has 6 heterocycles. The lowest BCUT2D eigenvalue weighted by Gasteiger charge is -2.42. The zero-order chi connectivity index (χ0) is 45.9. The van der Waals surface area contributed by atoms with Gasteiger partial charge in [-0.05, 0) is 74.9 Å². The van der Waals surface area contributed by atoms with Crippen LogP contribution in [0, 0.1) is 28.8 Å². The van der Waals surface area contributed by atoms with Crippen LogP contribution >= 0.6 is 0 Å². The number of nitrogen functional groups attached to an aromatic ring is 1. The lowest BCUT2D eigenvalue weighted by molar-refractivity contribution is -0.142. The molecule has 0 aliphatic carbocycles. The summed E-state index contributed by atoms with van der Waals surface area (Å²) in [4.78, 5) is 59.8. The average molecular weight is 887 g/mol. The number of fused-ring (bicyclic) bond motifs is 2. The van der Waals surface area contributed by atoms with Crippen LogP contribution in [-0.4, -0.2) is 98.1 Å². The lowest BCUT2D eigenvalue weighted by atomic mass is 9.85. The van der Waals surface area contributed by atoms with Crippen LogP contribution in [0.2, 0.25) is 0 Å². The number of carbonyl (C=O) groups excluding carboxylic acids is 3. The van der Waals surface area contributed by atoms with Crippen molar-refractivity contribution in [1.82, 2.24) is 30.0 Å². The number of aryl methyl sites for hydroxylation is 1. The maximum Gasteiger partial charge on any atom is 0.329 e. The van der Waals surface area contributed by atoms with Crippen LogP contribution in [0.15, 0.2) is 47.5 Å². The molecule has 0 radical (unpaired) electrons. The molecule has 0 unspecified atom stereocenters. The number of hydrogen-bond acceptors (Lipinski definition) is 12. The molecule has 2 aromatic heterocycles. The number of halogens is 3. The molecule has 64 heavy (non-hydrogen) atoms. The summed E-state index contributed by atoms with van der Waals surface area (Å²) in [5, 5.41) is 27.2. The number of hydrogen-bond donors (Lipinski definition) is 4. The fourth-order valence-electron chi connectivity index (χ4n) is 8.58. The van der Waals surface area contributed by atoms with Gasteiger partial charge < -0.3 is 35.1 Å². The Hall–Kier alpha value is -6.72. The number of aliphatic hydroxyl groups is 1. The van der Waals surface area contributed by atoms with Crippen molar-refractivity contribution in [3.63, 3.8) is 0 Å². The van der Waals surface area contributed by atoms with Crippen LogP contribution in [-0.2, 0) is 21.4 Å². The van der Waals surface area contributed by atoms with Gasteiger partial charge in [-0.15, -0.1) is 0 Å². The number of imide groups is 1. The number of H-pyrrole nitrogens is 1. The molecule has 5 N–H and O–H groups in total. The number of rotatable bonds is 6. The van der Waals surface area contributed by atoms with Crippen molar-refractivity contribution >= 4 is 56.8 Å². The first-order chi connectivity index (χ1) is 30.7. The van der Waals surface area contributed by atoms with Crippen LogP contribution in [0.3, 0.4) is 0 Å². The second-order valence-electron chi connectivity index (χ2n) is 16.0. The Labute approximate surface area is 365 Å². The van der Waals surface area contributed by atoms with E-state index in [1.165, 1.54) is 29.2 Å². The zero-order valence-corrected chi connectivity index (χ0v) is 35.7. The number of urea groups is 1. The van der Waals surface area contributed by atoms with E-state index < -0.39 is 46.1 Å². The van der Waals surface area contributed by atoms with Gasteiger partial charge in [0.25, 0.3) is 5.56 Å². The molecular weight excluding hydrogens is 838 g/mol. The molecule has 4 aliphatic rings. The Balaban J connectivity index is 0.000000209. The monoisotopic (exact) mass is 886 g/mol. The van der Waals surface area contributed by atoms with Crippen LogP contribution in [0.5, 0.6) is 11.5 Å². The first-order valence-electron chi connectivity index (χ1n) is 21.2. The third kappa shape index (κ3) is 9.03. The molecule has 5 aromatic rings. The van der Waals surface area contributed by atoms with Crippen molar-refractivity contribution in [2.24, 2.45) is 7.05 Å². The van der Waals surface area contributed by atoms with E-state index in [2.05, 4.69) is 20.4 Å². The van der Waals surface area contributed by atoms with Crippen molar-refractivity contribution in [3.8, 4) is 17.6 Å². The Morgan fingerprint density at radius 3 is 2.41 bits per heavy atom. The number of aromatic amines is 1. The molecule has 1 spiro atoms. The molecule has 17 nitrogen and oxygen atoms in total. The number of nitrogens with one attached hydrogen (secondary N) is 2. The van der Waals surface area contributed by atoms with Gasteiger partial charge in [-0.2, -0.15) is 10.4 Å². The van der Waals surface area contributed by atoms with E-state index in [0.717, 1.165) is 44.7 Å². The van der Waals surface area contributed by atoms with Crippen LogP contribution in [0.1, 0.15) is 70.8 Å². The summed E-state index contributed by atoms with van der Waals surface area (Å²) in [6.07, 6.45) is 5.91. The predicted octanol–water partition coefficient (Wildman–Crippen LogP) is 5.53.